The maximum absolute atomic E-state index is 11.9. The molecule has 0 saturated heterocycles. The van der Waals surface area contributed by atoms with Crippen molar-refractivity contribution in [1.82, 2.24) is 10.2 Å². The van der Waals surface area contributed by atoms with Crippen LogP contribution >= 0.6 is 0 Å². The number of nitrogens with two attached hydrogens (primary N) is 1. The Balaban J connectivity index is 2.03. The van der Waals surface area contributed by atoms with Crippen molar-refractivity contribution in [3.05, 3.63) is 23.9 Å². The van der Waals surface area contributed by atoms with Gasteiger partial charge in [0.2, 0.25) is 0 Å². The summed E-state index contributed by atoms with van der Waals surface area (Å²) in [7, 11) is 0. The number of aromatic amines is 1. The van der Waals surface area contributed by atoms with Crippen molar-refractivity contribution >= 4 is 22.6 Å². The molecule has 1 heterocycles. The molecule has 0 aliphatic heterocycles. The molecule has 0 unspecified atom stereocenters. The molecule has 1 aromatic carbocycles. The van der Waals surface area contributed by atoms with Crippen LogP contribution in [0, 0.1) is 5.92 Å². The molecule has 0 spiro atoms. The zero-order valence-corrected chi connectivity index (χ0v) is 11.3. The van der Waals surface area contributed by atoms with Gasteiger partial charge >= 0.3 is 5.97 Å². The van der Waals surface area contributed by atoms with E-state index in [0.717, 1.165) is 18.4 Å². The molecule has 19 heavy (non-hydrogen) atoms. The Labute approximate surface area is 112 Å². The number of fused-ring (bicyclic) bond motifs is 1. The van der Waals surface area contributed by atoms with E-state index >= 15 is 0 Å². The Kier molecular flexibility index (Phi) is 4.04. The van der Waals surface area contributed by atoms with Crippen LogP contribution in [0.3, 0.4) is 0 Å². The van der Waals surface area contributed by atoms with Crippen LogP contribution in [-0.2, 0) is 4.74 Å². The predicted molar refractivity (Wildman–Crippen MR) is 74.9 cm³/mol. The highest BCUT2D eigenvalue weighted by molar-refractivity contribution is 6.02. The number of nitrogen functional groups attached to an aromatic ring is 1. The lowest BCUT2D eigenvalue weighted by molar-refractivity contribution is 0.0490. The van der Waals surface area contributed by atoms with Crippen molar-refractivity contribution in [3.63, 3.8) is 0 Å². The highest BCUT2D eigenvalue weighted by Crippen LogP contribution is 2.19. The lowest BCUT2D eigenvalue weighted by atomic mass is 10.1. The molecule has 0 saturated carbocycles. The second kappa shape index (κ2) is 5.73. The molecule has 0 radical (unpaired) electrons. The van der Waals surface area contributed by atoms with E-state index in [-0.39, 0.29) is 0 Å². The molecule has 3 N–H and O–H groups in total. The maximum Gasteiger partial charge on any atom is 0.359 e. The van der Waals surface area contributed by atoms with Gasteiger partial charge in [-0.25, -0.2) is 4.79 Å². The highest BCUT2D eigenvalue weighted by atomic mass is 16.5. The first-order valence-electron chi connectivity index (χ1n) is 6.48. The third kappa shape index (κ3) is 3.24. The molecule has 0 atom stereocenters. The molecule has 0 amide bonds. The third-order valence-electron chi connectivity index (χ3n) is 2.94. The molecule has 5 nitrogen and oxygen atoms in total. The summed E-state index contributed by atoms with van der Waals surface area (Å²) in [6, 6.07) is 5.29. The fourth-order valence-corrected chi connectivity index (χ4v) is 1.91. The van der Waals surface area contributed by atoms with Gasteiger partial charge < -0.3 is 10.5 Å². The first-order valence-corrected chi connectivity index (χ1v) is 6.48. The normalized spacial score (nSPS) is 11.1. The smallest absolute Gasteiger partial charge is 0.359 e. The number of H-pyrrole nitrogens is 1. The number of anilines is 1. The van der Waals surface area contributed by atoms with E-state index in [9.17, 15) is 4.79 Å². The number of hydrogen-bond acceptors (Lipinski definition) is 4. The first kappa shape index (κ1) is 13.4. The predicted octanol–water partition coefficient (Wildman–Crippen LogP) is 2.74. The minimum Gasteiger partial charge on any atom is -0.461 e. The van der Waals surface area contributed by atoms with Crippen molar-refractivity contribution in [3.8, 4) is 0 Å². The number of hydrogen-bond donors (Lipinski definition) is 2. The number of nitrogens with one attached hydrogen (secondary N) is 1. The molecule has 0 fully saturated rings. The van der Waals surface area contributed by atoms with E-state index in [4.69, 9.17) is 10.5 Å². The average Bonchev–Trinajstić information content (AvgIpc) is 2.77. The number of carbonyl (C=O) groups is 1. The molecule has 2 aromatic rings. The average molecular weight is 261 g/mol. The van der Waals surface area contributed by atoms with E-state index in [1.54, 1.807) is 18.2 Å². The summed E-state index contributed by atoms with van der Waals surface area (Å²) in [6.07, 6.45) is 1.91. The number of rotatable bonds is 5. The monoisotopic (exact) mass is 261 g/mol. The van der Waals surface area contributed by atoms with Crippen molar-refractivity contribution in [2.45, 2.75) is 26.7 Å². The minimum atomic E-state index is -0.402. The van der Waals surface area contributed by atoms with Crippen LogP contribution in [0.1, 0.15) is 37.2 Å². The van der Waals surface area contributed by atoms with Gasteiger partial charge in [-0.15, -0.1) is 0 Å². The van der Waals surface area contributed by atoms with E-state index in [0.29, 0.717) is 29.3 Å². The quantitative estimate of drug-likeness (QED) is 0.492. The van der Waals surface area contributed by atoms with E-state index in [1.165, 1.54) is 0 Å². The Morgan fingerprint density at radius 2 is 2.26 bits per heavy atom. The van der Waals surface area contributed by atoms with Gasteiger partial charge in [0.15, 0.2) is 5.69 Å². The van der Waals surface area contributed by atoms with Crippen LogP contribution in [0.2, 0.25) is 0 Å². The molecule has 0 bridgehead atoms. The first-order chi connectivity index (χ1) is 9.08. The summed E-state index contributed by atoms with van der Waals surface area (Å²) >= 11 is 0. The molecular formula is C14H19N3O2. The number of ether oxygens (including phenoxy) is 1. The largest absolute Gasteiger partial charge is 0.461 e. The SMILES string of the molecule is CC(C)CCCOC(=O)c1n[nH]c2ccc(N)cc12. The van der Waals surface area contributed by atoms with Crippen LogP contribution < -0.4 is 5.73 Å². The Morgan fingerprint density at radius 1 is 1.47 bits per heavy atom. The lowest BCUT2D eigenvalue weighted by Crippen LogP contribution is -2.08. The number of benzene rings is 1. The van der Waals surface area contributed by atoms with Crippen molar-refractivity contribution in [1.29, 1.82) is 0 Å². The number of carbonyl (C=O) groups excluding carboxylic acids is 1. The third-order valence-corrected chi connectivity index (χ3v) is 2.94. The number of aromatic nitrogens is 2. The molecule has 0 aliphatic rings. The zero-order chi connectivity index (χ0) is 13.8. The fraction of sp³-hybridized carbons (Fsp3) is 0.429. The van der Waals surface area contributed by atoms with Crippen LogP contribution in [0.5, 0.6) is 0 Å². The maximum atomic E-state index is 11.9. The Hall–Kier alpha value is -2.04. The van der Waals surface area contributed by atoms with Gasteiger partial charge in [0.25, 0.3) is 0 Å². The number of nitrogens with zero attached hydrogens (tertiary/aromatic N) is 1. The van der Waals surface area contributed by atoms with Gasteiger partial charge in [0, 0.05) is 11.1 Å². The second-order valence-electron chi connectivity index (χ2n) is 5.05. The molecule has 102 valence electrons. The summed E-state index contributed by atoms with van der Waals surface area (Å²) in [4.78, 5) is 11.9. The van der Waals surface area contributed by atoms with E-state index in [2.05, 4.69) is 24.0 Å². The van der Waals surface area contributed by atoms with Gasteiger partial charge in [-0.3, -0.25) is 5.10 Å². The second-order valence-corrected chi connectivity index (χ2v) is 5.05. The lowest BCUT2D eigenvalue weighted by Gasteiger charge is -2.05. The Bertz CT molecular complexity index is 575. The van der Waals surface area contributed by atoms with Gasteiger partial charge in [-0.1, -0.05) is 13.8 Å². The van der Waals surface area contributed by atoms with Crippen molar-refractivity contribution in [2.75, 3.05) is 12.3 Å². The van der Waals surface area contributed by atoms with Crippen LogP contribution in [0.4, 0.5) is 5.69 Å². The van der Waals surface area contributed by atoms with Gasteiger partial charge in [-0.05, 0) is 37.0 Å². The van der Waals surface area contributed by atoms with Gasteiger partial charge in [0.05, 0.1) is 12.1 Å². The molecule has 2 rings (SSSR count). The van der Waals surface area contributed by atoms with Crippen LogP contribution in [-0.4, -0.2) is 22.8 Å². The van der Waals surface area contributed by atoms with E-state index < -0.39 is 5.97 Å². The summed E-state index contributed by atoms with van der Waals surface area (Å²) in [6.45, 7) is 4.71. The standard InChI is InChI=1S/C14H19N3O2/c1-9(2)4-3-7-19-14(18)13-11-8-10(15)5-6-12(11)16-17-13/h5-6,8-9H,3-4,7,15H2,1-2H3,(H,16,17). The van der Waals surface area contributed by atoms with Crippen LogP contribution in [0.15, 0.2) is 18.2 Å². The van der Waals surface area contributed by atoms with Gasteiger partial charge in [-0.2, -0.15) is 5.10 Å². The summed E-state index contributed by atoms with van der Waals surface area (Å²) in [5, 5.41) is 7.50. The van der Waals surface area contributed by atoms with Crippen molar-refractivity contribution < 1.29 is 9.53 Å². The van der Waals surface area contributed by atoms with Crippen LogP contribution in [0.25, 0.3) is 10.9 Å². The fourth-order valence-electron chi connectivity index (χ4n) is 1.91. The topological polar surface area (TPSA) is 81.0 Å². The summed E-state index contributed by atoms with van der Waals surface area (Å²) < 4.78 is 5.22. The molecule has 1 aromatic heterocycles. The molecule has 5 heteroatoms. The zero-order valence-electron chi connectivity index (χ0n) is 11.3. The number of esters is 1. The summed E-state index contributed by atoms with van der Waals surface area (Å²) in [5.41, 5.74) is 7.39. The highest BCUT2D eigenvalue weighted by Gasteiger charge is 2.15. The Morgan fingerprint density at radius 3 is 3.00 bits per heavy atom. The molecule has 0 aliphatic carbocycles. The summed E-state index contributed by atoms with van der Waals surface area (Å²) in [5.74, 6) is 0.213. The van der Waals surface area contributed by atoms with Crippen molar-refractivity contribution in [2.24, 2.45) is 5.92 Å². The van der Waals surface area contributed by atoms with E-state index in [1.807, 2.05) is 0 Å². The molecular weight excluding hydrogens is 242 g/mol. The minimum absolute atomic E-state index is 0.298. The van der Waals surface area contributed by atoms with Gasteiger partial charge in [0.1, 0.15) is 0 Å².